The Morgan fingerprint density at radius 2 is 2.00 bits per heavy atom. The van der Waals surface area contributed by atoms with Crippen LogP contribution in [-0.4, -0.2) is 23.6 Å². The average molecular weight is 243 g/mol. The number of H-pyrrole nitrogens is 1. The van der Waals surface area contributed by atoms with Crippen molar-refractivity contribution in [2.45, 2.75) is 27.2 Å². The van der Waals surface area contributed by atoms with Crippen LogP contribution in [0.4, 0.5) is 0 Å². The SMILES string of the molecule is CNCCc1nc(-c2ccc(C)cc2C)c(C)[nH]1. The second-order valence-electron chi connectivity index (χ2n) is 4.83. The highest BCUT2D eigenvalue weighted by atomic mass is 14.9. The van der Waals surface area contributed by atoms with Gasteiger partial charge in [0.05, 0.1) is 5.69 Å². The topological polar surface area (TPSA) is 40.7 Å². The molecule has 0 aliphatic heterocycles. The van der Waals surface area contributed by atoms with Crippen LogP contribution < -0.4 is 5.32 Å². The van der Waals surface area contributed by atoms with Crippen molar-refractivity contribution >= 4 is 0 Å². The fourth-order valence-electron chi connectivity index (χ4n) is 2.23. The van der Waals surface area contributed by atoms with Crippen LogP contribution in [0.5, 0.6) is 0 Å². The number of aromatic amines is 1. The summed E-state index contributed by atoms with van der Waals surface area (Å²) in [5, 5.41) is 3.14. The number of hydrogen-bond acceptors (Lipinski definition) is 2. The van der Waals surface area contributed by atoms with Crippen molar-refractivity contribution in [1.82, 2.24) is 15.3 Å². The zero-order chi connectivity index (χ0) is 13.1. The molecule has 3 heteroatoms. The summed E-state index contributed by atoms with van der Waals surface area (Å²) < 4.78 is 0. The second kappa shape index (κ2) is 5.36. The van der Waals surface area contributed by atoms with Crippen molar-refractivity contribution < 1.29 is 0 Å². The Hall–Kier alpha value is -1.61. The summed E-state index contributed by atoms with van der Waals surface area (Å²) in [5.74, 6) is 1.05. The molecule has 1 aromatic heterocycles. The number of benzene rings is 1. The molecule has 1 heterocycles. The van der Waals surface area contributed by atoms with Crippen molar-refractivity contribution in [2.24, 2.45) is 0 Å². The third kappa shape index (κ3) is 2.62. The summed E-state index contributed by atoms with van der Waals surface area (Å²) in [6, 6.07) is 6.51. The third-order valence-electron chi connectivity index (χ3n) is 3.18. The van der Waals surface area contributed by atoms with Gasteiger partial charge in [-0.1, -0.05) is 23.8 Å². The molecule has 18 heavy (non-hydrogen) atoms. The van der Waals surface area contributed by atoms with Gasteiger partial charge in [0.2, 0.25) is 0 Å². The normalized spacial score (nSPS) is 10.9. The molecule has 3 nitrogen and oxygen atoms in total. The Bertz CT molecular complexity index is 541. The zero-order valence-electron chi connectivity index (χ0n) is 11.6. The van der Waals surface area contributed by atoms with Gasteiger partial charge in [-0.25, -0.2) is 4.98 Å². The van der Waals surface area contributed by atoms with Gasteiger partial charge in [0, 0.05) is 24.2 Å². The Morgan fingerprint density at radius 1 is 1.22 bits per heavy atom. The van der Waals surface area contributed by atoms with Crippen LogP contribution in [0.3, 0.4) is 0 Å². The van der Waals surface area contributed by atoms with Crippen LogP contribution in [-0.2, 0) is 6.42 Å². The van der Waals surface area contributed by atoms with Gasteiger partial charge in [0.25, 0.3) is 0 Å². The van der Waals surface area contributed by atoms with Gasteiger partial charge >= 0.3 is 0 Å². The van der Waals surface area contributed by atoms with E-state index in [2.05, 4.69) is 49.3 Å². The molecule has 0 radical (unpaired) electrons. The van der Waals surface area contributed by atoms with E-state index in [4.69, 9.17) is 4.98 Å². The van der Waals surface area contributed by atoms with Crippen molar-refractivity contribution in [1.29, 1.82) is 0 Å². The fraction of sp³-hybridized carbons (Fsp3) is 0.400. The molecule has 2 rings (SSSR count). The standard InChI is InChI=1S/C15H21N3/c1-10-5-6-13(11(2)9-10)15-12(3)17-14(18-15)7-8-16-4/h5-6,9,16H,7-8H2,1-4H3,(H,17,18). The fourth-order valence-corrected chi connectivity index (χ4v) is 2.23. The number of rotatable bonds is 4. The highest BCUT2D eigenvalue weighted by molar-refractivity contribution is 5.66. The zero-order valence-corrected chi connectivity index (χ0v) is 11.6. The number of aryl methyl sites for hydroxylation is 3. The smallest absolute Gasteiger partial charge is 0.108 e. The van der Waals surface area contributed by atoms with Crippen LogP contribution in [0.15, 0.2) is 18.2 Å². The lowest BCUT2D eigenvalue weighted by Crippen LogP contribution is -2.11. The largest absolute Gasteiger partial charge is 0.346 e. The minimum absolute atomic E-state index is 0.933. The van der Waals surface area contributed by atoms with E-state index in [1.807, 2.05) is 7.05 Å². The Kier molecular flexibility index (Phi) is 3.82. The molecule has 0 aliphatic rings. The Morgan fingerprint density at radius 3 is 2.67 bits per heavy atom. The maximum atomic E-state index is 4.71. The molecule has 0 amide bonds. The number of aromatic nitrogens is 2. The molecule has 2 aromatic rings. The maximum absolute atomic E-state index is 4.71. The van der Waals surface area contributed by atoms with E-state index in [9.17, 15) is 0 Å². The first-order chi connectivity index (χ1) is 8.61. The minimum atomic E-state index is 0.933. The molecule has 0 unspecified atom stereocenters. The highest BCUT2D eigenvalue weighted by Crippen LogP contribution is 2.25. The van der Waals surface area contributed by atoms with E-state index in [1.165, 1.54) is 16.7 Å². The number of hydrogen-bond donors (Lipinski definition) is 2. The monoisotopic (exact) mass is 243 g/mol. The average Bonchev–Trinajstić information content (AvgIpc) is 2.68. The minimum Gasteiger partial charge on any atom is -0.346 e. The molecule has 0 saturated heterocycles. The van der Waals surface area contributed by atoms with Gasteiger partial charge in [0.1, 0.15) is 5.82 Å². The van der Waals surface area contributed by atoms with Gasteiger partial charge in [-0.15, -0.1) is 0 Å². The molecule has 0 bridgehead atoms. The summed E-state index contributed by atoms with van der Waals surface area (Å²) in [4.78, 5) is 8.08. The maximum Gasteiger partial charge on any atom is 0.108 e. The quantitative estimate of drug-likeness (QED) is 0.867. The van der Waals surface area contributed by atoms with Crippen molar-refractivity contribution in [3.05, 3.63) is 40.8 Å². The molecule has 96 valence electrons. The van der Waals surface area contributed by atoms with Crippen LogP contribution in [0.25, 0.3) is 11.3 Å². The summed E-state index contributed by atoms with van der Waals surface area (Å²) >= 11 is 0. The molecule has 0 fully saturated rings. The van der Waals surface area contributed by atoms with Gasteiger partial charge in [0.15, 0.2) is 0 Å². The lowest BCUT2D eigenvalue weighted by molar-refractivity contribution is 0.763. The van der Waals surface area contributed by atoms with Crippen molar-refractivity contribution in [2.75, 3.05) is 13.6 Å². The number of likely N-dealkylation sites (N-methyl/N-ethyl adjacent to an activating group) is 1. The lowest BCUT2D eigenvalue weighted by Gasteiger charge is -2.04. The van der Waals surface area contributed by atoms with E-state index in [0.717, 1.165) is 30.2 Å². The first-order valence-corrected chi connectivity index (χ1v) is 6.39. The van der Waals surface area contributed by atoms with Gasteiger partial charge < -0.3 is 10.3 Å². The Balaban J connectivity index is 2.35. The summed E-state index contributed by atoms with van der Waals surface area (Å²) in [6.07, 6.45) is 0.933. The van der Waals surface area contributed by atoms with Crippen molar-refractivity contribution in [3.8, 4) is 11.3 Å². The van der Waals surface area contributed by atoms with Gasteiger partial charge in [-0.05, 0) is 33.4 Å². The third-order valence-corrected chi connectivity index (χ3v) is 3.18. The molecule has 0 aliphatic carbocycles. The number of nitrogens with one attached hydrogen (secondary N) is 2. The predicted molar refractivity (Wildman–Crippen MR) is 75.9 cm³/mol. The van der Waals surface area contributed by atoms with Crippen LogP contribution in [0.1, 0.15) is 22.6 Å². The molecule has 0 atom stereocenters. The first kappa shape index (κ1) is 12.8. The first-order valence-electron chi connectivity index (χ1n) is 6.39. The highest BCUT2D eigenvalue weighted by Gasteiger charge is 2.10. The number of nitrogens with zero attached hydrogens (tertiary/aromatic N) is 1. The van der Waals surface area contributed by atoms with E-state index in [1.54, 1.807) is 0 Å². The molecule has 0 saturated carbocycles. The lowest BCUT2D eigenvalue weighted by atomic mass is 10.0. The van der Waals surface area contributed by atoms with E-state index in [-0.39, 0.29) is 0 Å². The van der Waals surface area contributed by atoms with Gasteiger partial charge in [-0.2, -0.15) is 0 Å². The second-order valence-corrected chi connectivity index (χ2v) is 4.83. The summed E-state index contributed by atoms with van der Waals surface area (Å²) in [7, 11) is 1.96. The van der Waals surface area contributed by atoms with E-state index in [0.29, 0.717) is 0 Å². The summed E-state index contributed by atoms with van der Waals surface area (Å²) in [5.41, 5.74) is 6.03. The van der Waals surface area contributed by atoms with E-state index >= 15 is 0 Å². The van der Waals surface area contributed by atoms with Crippen LogP contribution in [0.2, 0.25) is 0 Å². The molecule has 2 N–H and O–H groups in total. The summed E-state index contributed by atoms with van der Waals surface area (Å²) in [6.45, 7) is 7.29. The van der Waals surface area contributed by atoms with Crippen LogP contribution in [0, 0.1) is 20.8 Å². The molecule has 0 spiro atoms. The van der Waals surface area contributed by atoms with E-state index < -0.39 is 0 Å². The molecular formula is C15H21N3. The molecular weight excluding hydrogens is 222 g/mol. The number of imidazole rings is 1. The van der Waals surface area contributed by atoms with Gasteiger partial charge in [-0.3, -0.25) is 0 Å². The van der Waals surface area contributed by atoms with Crippen molar-refractivity contribution in [3.63, 3.8) is 0 Å². The Labute approximate surface area is 109 Å². The van der Waals surface area contributed by atoms with Crippen LogP contribution >= 0.6 is 0 Å². The predicted octanol–water partition coefficient (Wildman–Crippen LogP) is 2.76. The molecule has 1 aromatic carbocycles.